The average Bonchev–Trinajstić information content (AvgIpc) is 3.39. The molecule has 1 saturated heterocycles. The highest BCUT2D eigenvalue weighted by molar-refractivity contribution is 7.12. The van der Waals surface area contributed by atoms with Crippen LogP contribution >= 0.6 is 11.3 Å². The quantitative estimate of drug-likeness (QED) is 0.601. The molecule has 5 nitrogen and oxygen atoms in total. The molecule has 32 heavy (non-hydrogen) atoms. The van der Waals surface area contributed by atoms with Crippen LogP contribution in [0.4, 0.5) is 11.4 Å². The van der Waals surface area contributed by atoms with E-state index in [0.29, 0.717) is 16.1 Å². The number of thiophene rings is 1. The van der Waals surface area contributed by atoms with Crippen molar-refractivity contribution >= 4 is 34.5 Å². The van der Waals surface area contributed by atoms with Crippen molar-refractivity contribution in [3.05, 3.63) is 81.5 Å². The van der Waals surface area contributed by atoms with Gasteiger partial charge in [0.1, 0.15) is 0 Å². The zero-order valence-electron chi connectivity index (χ0n) is 18.0. The van der Waals surface area contributed by atoms with Gasteiger partial charge in [0.15, 0.2) is 0 Å². The van der Waals surface area contributed by atoms with Crippen molar-refractivity contribution in [3.63, 3.8) is 0 Å². The van der Waals surface area contributed by atoms with Crippen LogP contribution in [0, 0.1) is 0 Å². The summed E-state index contributed by atoms with van der Waals surface area (Å²) in [5.41, 5.74) is 4.97. The molecule has 0 saturated carbocycles. The van der Waals surface area contributed by atoms with Gasteiger partial charge in [-0.25, -0.2) is 0 Å². The second-order valence-corrected chi connectivity index (χ2v) is 9.40. The predicted octanol–water partition coefficient (Wildman–Crippen LogP) is 5.19. The van der Waals surface area contributed by atoms with Crippen LogP contribution in [0.15, 0.2) is 60.0 Å². The Morgan fingerprint density at radius 1 is 0.875 bits per heavy atom. The van der Waals surface area contributed by atoms with E-state index < -0.39 is 0 Å². The fourth-order valence-corrected chi connectivity index (χ4v) is 5.25. The van der Waals surface area contributed by atoms with E-state index in [1.165, 1.54) is 28.9 Å². The van der Waals surface area contributed by atoms with Crippen molar-refractivity contribution in [1.82, 2.24) is 4.90 Å². The molecular weight excluding hydrogens is 418 g/mol. The zero-order valence-corrected chi connectivity index (χ0v) is 18.9. The molecule has 6 heteroatoms. The first-order valence-corrected chi connectivity index (χ1v) is 12.2. The number of benzene rings is 2. The van der Waals surface area contributed by atoms with Crippen LogP contribution in [-0.4, -0.2) is 36.3 Å². The smallest absolute Gasteiger partial charge is 0.265 e. The summed E-state index contributed by atoms with van der Waals surface area (Å²) in [7, 11) is 0. The Balaban J connectivity index is 1.46. The van der Waals surface area contributed by atoms with E-state index in [1.54, 1.807) is 6.07 Å². The molecule has 0 unspecified atom stereocenters. The molecule has 0 aliphatic carbocycles. The highest BCUT2D eigenvalue weighted by Crippen LogP contribution is 2.31. The van der Waals surface area contributed by atoms with E-state index in [9.17, 15) is 9.59 Å². The summed E-state index contributed by atoms with van der Waals surface area (Å²) in [6, 6.07) is 18.0. The summed E-state index contributed by atoms with van der Waals surface area (Å²) < 4.78 is 0. The molecule has 164 valence electrons. The average molecular weight is 446 g/mol. The predicted molar refractivity (Wildman–Crippen MR) is 130 cm³/mol. The number of hydrogen-bond acceptors (Lipinski definition) is 4. The first-order chi connectivity index (χ1) is 15.7. The Bertz CT molecular complexity index is 1120. The molecule has 1 fully saturated rings. The molecule has 2 aliphatic rings. The molecule has 3 heterocycles. The largest absolute Gasteiger partial charge is 0.366 e. The maximum Gasteiger partial charge on any atom is 0.265 e. The normalized spacial score (nSPS) is 15.9. The number of rotatable bonds is 4. The van der Waals surface area contributed by atoms with E-state index in [0.717, 1.165) is 51.1 Å². The lowest BCUT2D eigenvalue weighted by molar-refractivity contribution is 0.0724. The van der Waals surface area contributed by atoms with Crippen LogP contribution in [0.2, 0.25) is 0 Å². The molecule has 0 radical (unpaired) electrons. The van der Waals surface area contributed by atoms with Gasteiger partial charge in [-0.05, 0) is 66.5 Å². The molecule has 2 amide bonds. The number of hydrogen-bond donors (Lipinski definition) is 1. The van der Waals surface area contributed by atoms with E-state index in [1.807, 2.05) is 34.5 Å². The number of nitrogens with zero attached hydrogens (tertiary/aromatic N) is 2. The molecule has 3 aromatic rings. The minimum atomic E-state index is -0.143. The third-order valence-electron chi connectivity index (χ3n) is 6.34. The lowest BCUT2D eigenvalue weighted by Crippen LogP contribution is -2.38. The number of piperidine rings is 1. The van der Waals surface area contributed by atoms with Crippen molar-refractivity contribution in [1.29, 1.82) is 0 Å². The number of carbonyl (C=O) groups is 2. The molecule has 0 atom stereocenters. The summed E-state index contributed by atoms with van der Waals surface area (Å²) in [6.07, 6.45) is 4.24. The van der Waals surface area contributed by atoms with Gasteiger partial charge < -0.3 is 15.1 Å². The van der Waals surface area contributed by atoms with Gasteiger partial charge in [0, 0.05) is 37.6 Å². The maximum absolute atomic E-state index is 13.6. The number of nitrogens with one attached hydrogen (secondary N) is 1. The molecule has 0 spiro atoms. The van der Waals surface area contributed by atoms with E-state index in [2.05, 4.69) is 34.5 Å². The molecular formula is C26H27N3O2S. The lowest BCUT2D eigenvalue weighted by Gasteiger charge is -2.34. The first kappa shape index (κ1) is 20.8. The van der Waals surface area contributed by atoms with Gasteiger partial charge in [-0.2, -0.15) is 0 Å². The van der Waals surface area contributed by atoms with Gasteiger partial charge in [-0.1, -0.05) is 30.3 Å². The highest BCUT2D eigenvalue weighted by Gasteiger charge is 2.26. The highest BCUT2D eigenvalue weighted by atomic mass is 32.1. The Morgan fingerprint density at radius 3 is 2.47 bits per heavy atom. The van der Waals surface area contributed by atoms with Gasteiger partial charge in [0.05, 0.1) is 10.4 Å². The standard InChI is InChI=1S/C26H27N3O2S/c30-25(24-9-6-16-32-24)27-21-10-11-23(22(17-21)26(31)28-13-4-1-5-14-28)29-15-12-19-7-2-3-8-20(19)18-29/h2-3,6-11,16-17H,1,4-5,12-15,18H2,(H,27,30). The van der Waals surface area contributed by atoms with Crippen molar-refractivity contribution < 1.29 is 9.59 Å². The molecule has 2 aliphatic heterocycles. The Morgan fingerprint density at radius 2 is 1.69 bits per heavy atom. The maximum atomic E-state index is 13.6. The molecule has 5 rings (SSSR count). The second kappa shape index (κ2) is 9.17. The first-order valence-electron chi connectivity index (χ1n) is 11.3. The summed E-state index contributed by atoms with van der Waals surface area (Å²) in [5, 5.41) is 4.86. The SMILES string of the molecule is O=C(Nc1ccc(N2CCc3ccccc3C2)c(C(=O)N2CCCCC2)c1)c1cccs1. The van der Waals surface area contributed by atoms with Gasteiger partial charge >= 0.3 is 0 Å². The van der Waals surface area contributed by atoms with Crippen LogP contribution in [0.3, 0.4) is 0 Å². The third-order valence-corrected chi connectivity index (χ3v) is 7.21. The van der Waals surface area contributed by atoms with Gasteiger partial charge in [-0.15, -0.1) is 11.3 Å². The van der Waals surface area contributed by atoms with Gasteiger partial charge in [0.2, 0.25) is 0 Å². The van der Waals surface area contributed by atoms with Crippen LogP contribution in [-0.2, 0) is 13.0 Å². The fourth-order valence-electron chi connectivity index (χ4n) is 4.63. The number of anilines is 2. The zero-order chi connectivity index (χ0) is 21.9. The summed E-state index contributed by atoms with van der Waals surface area (Å²) in [6.45, 7) is 3.26. The molecule has 2 aromatic carbocycles. The second-order valence-electron chi connectivity index (χ2n) is 8.46. The van der Waals surface area contributed by atoms with E-state index in [-0.39, 0.29) is 11.8 Å². The number of carbonyl (C=O) groups excluding carboxylic acids is 2. The number of amides is 2. The van der Waals surface area contributed by atoms with Gasteiger partial charge in [0.25, 0.3) is 11.8 Å². The summed E-state index contributed by atoms with van der Waals surface area (Å²) >= 11 is 1.41. The topological polar surface area (TPSA) is 52.7 Å². The monoisotopic (exact) mass is 445 g/mol. The third kappa shape index (κ3) is 4.28. The van der Waals surface area contributed by atoms with E-state index >= 15 is 0 Å². The van der Waals surface area contributed by atoms with Gasteiger partial charge in [-0.3, -0.25) is 9.59 Å². The molecule has 0 bridgehead atoms. The summed E-state index contributed by atoms with van der Waals surface area (Å²) in [5.74, 6) is -0.0817. The molecule has 1 N–H and O–H groups in total. The van der Waals surface area contributed by atoms with Crippen molar-refractivity contribution in [2.75, 3.05) is 29.9 Å². The van der Waals surface area contributed by atoms with Crippen LogP contribution in [0.1, 0.15) is 50.4 Å². The lowest BCUT2D eigenvalue weighted by atomic mass is 9.98. The fraction of sp³-hybridized carbons (Fsp3) is 0.308. The minimum absolute atomic E-state index is 0.0609. The van der Waals surface area contributed by atoms with Crippen molar-refractivity contribution in [3.8, 4) is 0 Å². The Kier molecular flexibility index (Phi) is 5.95. The van der Waals surface area contributed by atoms with Crippen molar-refractivity contribution in [2.45, 2.75) is 32.2 Å². The summed E-state index contributed by atoms with van der Waals surface area (Å²) in [4.78, 5) is 31.1. The Labute approximate surface area is 192 Å². The van der Waals surface area contributed by atoms with Crippen LogP contribution in [0.25, 0.3) is 0 Å². The number of fused-ring (bicyclic) bond motifs is 1. The minimum Gasteiger partial charge on any atom is -0.366 e. The van der Waals surface area contributed by atoms with Crippen molar-refractivity contribution in [2.24, 2.45) is 0 Å². The molecule has 1 aromatic heterocycles. The van der Waals surface area contributed by atoms with Crippen LogP contribution in [0.5, 0.6) is 0 Å². The van der Waals surface area contributed by atoms with Crippen LogP contribution < -0.4 is 10.2 Å². The Hall–Kier alpha value is -3.12. The number of likely N-dealkylation sites (tertiary alicyclic amines) is 1. The van der Waals surface area contributed by atoms with E-state index in [4.69, 9.17) is 0 Å².